The molecule has 0 aliphatic carbocycles. The van der Waals surface area contributed by atoms with E-state index in [1.54, 1.807) is 12.1 Å². The fraction of sp³-hybridized carbons (Fsp3) is 0.143. The van der Waals surface area contributed by atoms with Gasteiger partial charge in [0, 0.05) is 20.9 Å². The van der Waals surface area contributed by atoms with Gasteiger partial charge in [-0.25, -0.2) is 17.6 Å². The first-order valence-corrected chi connectivity index (χ1v) is 6.33. The molecule has 0 spiro atoms. The molecule has 0 aliphatic rings. The standard InChI is InChI=1S/C14H10F4S/c15-13(16)9-5-1-3-7-11(9)19-12-8-4-2-6-10(12)14(17)18/h1-8,13-14H. The lowest BCUT2D eigenvalue weighted by Crippen LogP contribution is -1.91. The lowest BCUT2D eigenvalue weighted by Gasteiger charge is -2.11. The number of benzene rings is 2. The highest BCUT2D eigenvalue weighted by atomic mass is 32.2. The quantitative estimate of drug-likeness (QED) is 0.648. The van der Waals surface area contributed by atoms with Crippen molar-refractivity contribution in [2.45, 2.75) is 22.6 Å². The minimum absolute atomic E-state index is 0.142. The van der Waals surface area contributed by atoms with Crippen LogP contribution in [0.3, 0.4) is 0 Å². The van der Waals surface area contributed by atoms with Gasteiger partial charge in [0.1, 0.15) is 0 Å². The van der Waals surface area contributed by atoms with Crippen LogP contribution in [0.1, 0.15) is 24.0 Å². The molecule has 0 saturated carbocycles. The number of halogens is 4. The van der Waals surface area contributed by atoms with Gasteiger partial charge in [-0.3, -0.25) is 0 Å². The molecular formula is C14H10F4S. The molecule has 0 N–H and O–H groups in total. The van der Waals surface area contributed by atoms with E-state index in [9.17, 15) is 17.6 Å². The normalized spacial score (nSPS) is 11.3. The molecule has 0 heterocycles. The van der Waals surface area contributed by atoms with Crippen molar-refractivity contribution in [3.63, 3.8) is 0 Å². The zero-order valence-electron chi connectivity index (χ0n) is 9.69. The van der Waals surface area contributed by atoms with Gasteiger partial charge in [-0.2, -0.15) is 0 Å². The largest absolute Gasteiger partial charge is 0.264 e. The van der Waals surface area contributed by atoms with Crippen molar-refractivity contribution in [1.82, 2.24) is 0 Å². The number of alkyl halides is 4. The summed E-state index contributed by atoms with van der Waals surface area (Å²) in [5, 5.41) is 0. The molecule has 0 amide bonds. The predicted molar refractivity (Wildman–Crippen MR) is 66.9 cm³/mol. The summed E-state index contributed by atoms with van der Waals surface area (Å²) in [6, 6.07) is 11.9. The first-order chi connectivity index (χ1) is 9.09. The SMILES string of the molecule is FC(F)c1ccccc1Sc1ccccc1C(F)F. The van der Waals surface area contributed by atoms with Crippen molar-refractivity contribution < 1.29 is 17.6 Å². The van der Waals surface area contributed by atoms with Crippen LogP contribution in [-0.2, 0) is 0 Å². The van der Waals surface area contributed by atoms with Gasteiger partial charge in [-0.05, 0) is 12.1 Å². The Morgan fingerprint density at radius 2 is 1.00 bits per heavy atom. The third kappa shape index (κ3) is 3.29. The van der Waals surface area contributed by atoms with E-state index in [1.807, 2.05) is 0 Å². The Hall–Kier alpha value is -1.49. The maximum Gasteiger partial charge on any atom is 0.264 e. The molecule has 0 unspecified atom stereocenters. The van der Waals surface area contributed by atoms with E-state index < -0.39 is 12.9 Å². The Kier molecular flexibility index (Phi) is 4.47. The van der Waals surface area contributed by atoms with Gasteiger partial charge < -0.3 is 0 Å². The second kappa shape index (κ2) is 6.10. The van der Waals surface area contributed by atoms with Crippen LogP contribution in [0.5, 0.6) is 0 Å². The van der Waals surface area contributed by atoms with Crippen LogP contribution in [0.2, 0.25) is 0 Å². The van der Waals surface area contributed by atoms with Crippen LogP contribution in [0.4, 0.5) is 17.6 Å². The van der Waals surface area contributed by atoms with Gasteiger partial charge in [-0.15, -0.1) is 0 Å². The number of rotatable bonds is 4. The average molecular weight is 286 g/mol. The molecule has 100 valence electrons. The molecule has 2 aromatic rings. The minimum Gasteiger partial charge on any atom is -0.205 e. The molecule has 0 aliphatic heterocycles. The van der Waals surface area contributed by atoms with Crippen molar-refractivity contribution >= 4 is 11.8 Å². The number of hydrogen-bond donors (Lipinski definition) is 0. The summed E-state index contributed by atoms with van der Waals surface area (Å²) < 4.78 is 51.3. The smallest absolute Gasteiger partial charge is 0.205 e. The van der Waals surface area contributed by atoms with E-state index in [4.69, 9.17) is 0 Å². The highest BCUT2D eigenvalue weighted by Crippen LogP contribution is 2.38. The van der Waals surface area contributed by atoms with E-state index in [1.165, 1.54) is 36.4 Å². The summed E-state index contributed by atoms with van der Waals surface area (Å²) in [4.78, 5) is 0.594. The zero-order chi connectivity index (χ0) is 13.8. The third-order valence-electron chi connectivity index (χ3n) is 2.53. The monoisotopic (exact) mass is 286 g/mol. The molecule has 0 nitrogen and oxygen atoms in total. The van der Waals surface area contributed by atoms with Crippen LogP contribution >= 0.6 is 11.8 Å². The Morgan fingerprint density at radius 3 is 1.37 bits per heavy atom. The maximum absolute atomic E-state index is 12.8. The highest BCUT2D eigenvalue weighted by molar-refractivity contribution is 7.99. The van der Waals surface area contributed by atoms with Crippen molar-refractivity contribution in [2.75, 3.05) is 0 Å². The predicted octanol–water partition coefficient (Wildman–Crippen LogP) is 5.71. The molecule has 0 bridgehead atoms. The second-order valence-corrected chi connectivity index (χ2v) is 4.86. The zero-order valence-corrected chi connectivity index (χ0v) is 10.5. The fourth-order valence-corrected chi connectivity index (χ4v) is 2.71. The molecular weight excluding hydrogens is 276 g/mol. The van der Waals surface area contributed by atoms with Crippen LogP contribution < -0.4 is 0 Å². The average Bonchev–Trinajstić information content (AvgIpc) is 2.39. The molecule has 0 atom stereocenters. The van der Waals surface area contributed by atoms with Gasteiger partial charge >= 0.3 is 0 Å². The number of hydrogen-bond acceptors (Lipinski definition) is 1. The Balaban J connectivity index is 2.37. The lowest BCUT2D eigenvalue weighted by molar-refractivity contribution is 0.148. The van der Waals surface area contributed by atoms with Crippen molar-refractivity contribution in [1.29, 1.82) is 0 Å². The molecule has 5 heteroatoms. The van der Waals surface area contributed by atoms with Crippen molar-refractivity contribution in [3.05, 3.63) is 59.7 Å². The molecule has 0 fully saturated rings. The van der Waals surface area contributed by atoms with E-state index in [0.717, 1.165) is 11.8 Å². The summed E-state index contributed by atoms with van der Waals surface area (Å²) >= 11 is 0.937. The van der Waals surface area contributed by atoms with Crippen LogP contribution in [0.15, 0.2) is 58.3 Å². The van der Waals surface area contributed by atoms with E-state index >= 15 is 0 Å². The van der Waals surface area contributed by atoms with Crippen LogP contribution in [-0.4, -0.2) is 0 Å². The van der Waals surface area contributed by atoms with Gasteiger partial charge in [0.05, 0.1) is 0 Å². The summed E-state index contributed by atoms with van der Waals surface area (Å²) in [5.74, 6) is 0. The first-order valence-electron chi connectivity index (χ1n) is 5.51. The molecule has 0 aromatic heterocycles. The third-order valence-corrected chi connectivity index (χ3v) is 3.71. The van der Waals surface area contributed by atoms with E-state index in [-0.39, 0.29) is 11.1 Å². The molecule has 0 saturated heterocycles. The van der Waals surface area contributed by atoms with Crippen molar-refractivity contribution in [2.24, 2.45) is 0 Å². The second-order valence-electron chi connectivity index (χ2n) is 3.78. The Morgan fingerprint density at radius 1 is 0.632 bits per heavy atom. The fourth-order valence-electron chi connectivity index (χ4n) is 1.63. The minimum atomic E-state index is -2.62. The summed E-state index contributed by atoms with van der Waals surface area (Å²) in [6.45, 7) is 0. The van der Waals surface area contributed by atoms with Gasteiger partial charge in [0.15, 0.2) is 0 Å². The van der Waals surface area contributed by atoms with Gasteiger partial charge in [-0.1, -0.05) is 48.2 Å². The molecule has 0 radical (unpaired) electrons. The van der Waals surface area contributed by atoms with E-state index in [0.29, 0.717) is 9.79 Å². The van der Waals surface area contributed by atoms with Crippen molar-refractivity contribution in [3.8, 4) is 0 Å². The summed E-state index contributed by atoms with van der Waals surface area (Å²) in [7, 11) is 0. The first kappa shape index (κ1) is 13.9. The van der Waals surface area contributed by atoms with E-state index in [2.05, 4.69) is 0 Å². The lowest BCUT2D eigenvalue weighted by atomic mass is 10.2. The van der Waals surface area contributed by atoms with Crippen LogP contribution in [0, 0.1) is 0 Å². The molecule has 2 rings (SSSR count). The maximum atomic E-state index is 12.8. The Labute approximate surface area is 112 Å². The summed E-state index contributed by atoms with van der Waals surface area (Å²) in [5.41, 5.74) is -0.284. The van der Waals surface area contributed by atoms with Crippen LogP contribution in [0.25, 0.3) is 0 Å². The topological polar surface area (TPSA) is 0 Å². The molecule has 19 heavy (non-hydrogen) atoms. The van der Waals surface area contributed by atoms with Gasteiger partial charge in [0.25, 0.3) is 12.9 Å². The summed E-state index contributed by atoms with van der Waals surface area (Å²) in [6.07, 6.45) is -5.25. The highest BCUT2D eigenvalue weighted by Gasteiger charge is 2.17. The Bertz CT molecular complexity index is 505. The molecule has 2 aromatic carbocycles. The van der Waals surface area contributed by atoms with Gasteiger partial charge in [0.2, 0.25) is 0 Å².